The molecule has 0 N–H and O–H groups in total. The average molecular weight is 315 g/mol. The third-order valence-corrected chi connectivity index (χ3v) is 5.13. The van der Waals surface area contributed by atoms with Crippen LogP contribution in [-0.4, -0.2) is 35.9 Å². The zero-order valence-electron chi connectivity index (χ0n) is 13.1. The topological polar surface area (TPSA) is 36.4 Å². The summed E-state index contributed by atoms with van der Waals surface area (Å²) in [5.74, 6) is 0.877. The molecule has 0 spiro atoms. The lowest BCUT2D eigenvalue weighted by molar-refractivity contribution is 0.0786. The van der Waals surface area contributed by atoms with Crippen LogP contribution in [0, 0.1) is 6.92 Å². The number of aromatic nitrogens is 1. The maximum absolute atomic E-state index is 12.8. The first-order chi connectivity index (χ1) is 10.7. The number of aryl methyl sites for hydroxylation is 1. The Hall–Kier alpha value is -1.88. The summed E-state index contributed by atoms with van der Waals surface area (Å²) >= 11 is 1.70. The van der Waals surface area contributed by atoms with Crippen molar-refractivity contribution in [3.8, 4) is 0 Å². The molecule has 1 aliphatic heterocycles. The van der Waals surface area contributed by atoms with Gasteiger partial charge in [-0.2, -0.15) is 0 Å². The molecule has 0 saturated carbocycles. The van der Waals surface area contributed by atoms with Crippen molar-refractivity contribution in [3.63, 3.8) is 0 Å². The third kappa shape index (κ3) is 2.99. The van der Waals surface area contributed by atoms with Crippen molar-refractivity contribution in [1.82, 2.24) is 9.88 Å². The first-order valence-electron chi connectivity index (χ1n) is 7.65. The number of hydrogen-bond acceptors (Lipinski definition) is 4. The Labute approximate surface area is 135 Å². The largest absolute Gasteiger partial charge is 0.356 e. The molecule has 0 aromatic carbocycles. The van der Waals surface area contributed by atoms with Gasteiger partial charge in [0.15, 0.2) is 0 Å². The van der Waals surface area contributed by atoms with E-state index in [0.29, 0.717) is 12.1 Å². The van der Waals surface area contributed by atoms with E-state index < -0.39 is 0 Å². The molecule has 4 nitrogen and oxygen atoms in total. The van der Waals surface area contributed by atoms with Crippen molar-refractivity contribution >= 4 is 23.1 Å². The van der Waals surface area contributed by atoms with E-state index in [1.54, 1.807) is 22.4 Å². The summed E-state index contributed by atoms with van der Waals surface area (Å²) in [6.45, 7) is 4.72. The molecule has 22 heavy (non-hydrogen) atoms. The summed E-state index contributed by atoms with van der Waals surface area (Å²) in [4.78, 5) is 22.5. The summed E-state index contributed by atoms with van der Waals surface area (Å²) in [6.07, 6.45) is 4.12. The summed E-state index contributed by atoms with van der Waals surface area (Å²) in [5.41, 5.74) is 1.96. The van der Waals surface area contributed by atoms with Gasteiger partial charge in [0.1, 0.15) is 5.82 Å². The first-order valence-corrected chi connectivity index (χ1v) is 8.53. The van der Waals surface area contributed by atoms with Gasteiger partial charge in [0.2, 0.25) is 0 Å². The molecule has 3 rings (SSSR count). The van der Waals surface area contributed by atoms with Crippen molar-refractivity contribution in [2.45, 2.75) is 26.3 Å². The van der Waals surface area contributed by atoms with Crippen LogP contribution in [0.1, 0.15) is 33.6 Å². The minimum Gasteiger partial charge on any atom is -0.356 e. The van der Waals surface area contributed by atoms with Crippen LogP contribution in [0.25, 0.3) is 0 Å². The van der Waals surface area contributed by atoms with Crippen LogP contribution >= 0.6 is 11.3 Å². The van der Waals surface area contributed by atoms with E-state index in [-0.39, 0.29) is 5.91 Å². The van der Waals surface area contributed by atoms with Crippen LogP contribution < -0.4 is 4.90 Å². The van der Waals surface area contributed by atoms with Gasteiger partial charge in [0, 0.05) is 31.2 Å². The molecule has 0 unspecified atom stereocenters. The van der Waals surface area contributed by atoms with Crippen LogP contribution in [0.15, 0.2) is 29.8 Å². The minimum absolute atomic E-state index is 0.0443. The quantitative estimate of drug-likeness (QED) is 0.868. The molecule has 2 aromatic rings. The second-order valence-corrected chi connectivity index (χ2v) is 6.76. The fraction of sp³-hybridized carbons (Fsp3) is 0.412. The van der Waals surface area contributed by atoms with Crippen LogP contribution in [0.4, 0.5) is 5.82 Å². The molecular weight excluding hydrogens is 294 g/mol. The zero-order valence-corrected chi connectivity index (χ0v) is 13.9. The highest BCUT2D eigenvalue weighted by molar-refractivity contribution is 7.10. The van der Waals surface area contributed by atoms with Crippen molar-refractivity contribution in [1.29, 1.82) is 0 Å². The third-order valence-electron chi connectivity index (χ3n) is 4.12. The number of nitrogens with zero attached hydrogens (tertiary/aromatic N) is 3. The van der Waals surface area contributed by atoms with E-state index >= 15 is 0 Å². The Morgan fingerprint density at radius 3 is 2.82 bits per heavy atom. The summed E-state index contributed by atoms with van der Waals surface area (Å²) in [5, 5.41) is 2.07. The van der Waals surface area contributed by atoms with Crippen molar-refractivity contribution in [2.24, 2.45) is 0 Å². The van der Waals surface area contributed by atoms with E-state index in [9.17, 15) is 4.79 Å². The molecule has 1 saturated heterocycles. The lowest BCUT2D eigenvalue weighted by Crippen LogP contribution is -2.29. The van der Waals surface area contributed by atoms with E-state index in [1.165, 1.54) is 23.3 Å². The normalized spacial score (nSPS) is 14.4. The Morgan fingerprint density at radius 1 is 1.36 bits per heavy atom. The molecule has 0 atom stereocenters. The molecule has 116 valence electrons. The Balaban J connectivity index is 1.81. The van der Waals surface area contributed by atoms with Crippen molar-refractivity contribution < 1.29 is 4.79 Å². The highest BCUT2D eigenvalue weighted by Crippen LogP contribution is 2.24. The van der Waals surface area contributed by atoms with E-state index in [0.717, 1.165) is 18.9 Å². The van der Waals surface area contributed by atoms with E-state index in [2.05, 4.69) is 28.3 Å². The van der Waals surface area contributed by atoms with Crippen molar-refractivity contribution in [3.05, 3.63) is 45.8 Å². The molecule has 1 amide bonds. The number of rotatable bonds is 4. The molecule has 1 fully saturated rings. The number of amides is 1. The number of anilines is 1. The fourth-order valence-corrected chi connectivity index (χ4v) is 3.76. The number of carbonyl (C=O) groups excluding carboxylic acids is 1. The molecule has 1 aliphatic rings. The number of hydrogen-bond donors (Lipinski definition) is 0. The highest BCUT2D eigenvalue weighted by atomic mass is 32.1. The SMILES string of the molecule is Cc1ccsc1CN(C)C(=O)c1cccnc1N1CCCC1. The van der Waals surface area contributed by atoms with Gasteiger partial charge in [-0.25, -0.2) is 4.98 Å². The Bertz CT molecular complexity index is 661. The van der Waals surface area contributed by atoms with Crippen LogP contribution in [0.2, 0.25) is 0 Å². The maximum Gasteiger partial charge on any atom is 0.257 e. The van der Waals surface area contributed by atoms with Gasteiger partial charge in [-0.15, -0.1) is 11.3 Å². The first kappa shape index (κ1) is 15.0. The predicted octanol–water partition coefficient (Wildman–Crippen LogP) is 3.32. The molecule has 3 heterocycles. The number of thiophene rings is 1. The second-order valence-electron chi connectivity index (χ2n) is 5.76. The monoisotopic (exact) mass is 315 g/mol. The second kappa shape index (κ2) is 6.48. The summed E-state index contributed by atoms with van der Waals surface area (Å²) in [7, 11) is 1.86. The molecule has 0 aliphatic carbocycles. The maximum atomic E-state index is 12.8. The smallest absolute Gasteiger partial charge is 0.257 e. The van der Waals surface area contributed by atoms with Gasteiger partial charge >= 0.3 is 0 Å². The van der Waals surface area contributed by atoms with Gasteiger partial charge in [-0.3, -0.25) is 4.79 Å². The lowest BCUT2D eigenvalue weighted by Gasteiger charge is -2.22. The predicted molar refractivity (Wildman–Crippen MR) is 90.5 cm³/mol. The van der Waals surface area contributed by atoms with Gasteiger partial charge < -0.3 is 9.80 Å². The van der Waals surface area contributed by atoms with E-state index in [4.69, 9.17) is 0 Å². The standard InChI is InChI=1S/C17H21N3OS/c1-13-7-11-22-15(13)12-19(2)17(21)14-6-5-8-18-16(14)20-9-3-4-10-20/h5-8,11H,3-4,9-10,12H2,1-2H3. The van der Waals surface area contributed by atoms with Gasteiger partial charge in [-0.05, 0) is 48.9 Å². The molecule has 0 radical (unpaired) electrons. The molecule has 5 heteroatoms. The van der Waals surface area contributed by atoms with E-state index in [1.807, 2.05) is 19.2 Å². The Kier molecular flexibility index (Phi) is 4.43. The average Bonchev–Trinajstić information content (AvgIpc) is 3.19. The van der Waals surface area contributed by atoms with Gasteiger partial charge in [-0.1, -0.05) is 0 Å². The highest BCUT2D eigenvalue weighted by Gasteiger charge is 2.22. The van der Waals surface area contributed by atoms with Crippen LogP contribution in [-0.2, 0) is 6.54 Å². The number of carbonyl (C=O) groups is 1. The van der Waals surface area contributed by atoms with Crippen molar-refractivity contribution in [2.75, 3.05) is 25.0 Å². The van der Waals surface area contributed by atoms with Crippen LogP contribution in [0.5, 0.6) is 0 Å². The van der Waals surface area contributed by atoms with Gasteiger partial charge in [0.05, 0.1) is 12.1 Å². The summed E-state index contributed by atoms with van der Waals surface area (Å²) < 4.78 is 0. The molecular formula is C17H21N3OS. The Morgan fingerprint density at radius 2 is 2.14 bits per heavy atom. The number of pyridine rings is 1. The van der Waals surface area contributed by atoms with Crippen LogP contribution in [0.3, 0.4) is 0 Å². The molecule has 2 aromatic heterocycles. The zero-order chi connectivity index (χ0) is 15.5. The lowest BCUT2D eigenvalue weighted by atomic mass is 10.2. The van der Waals surface area contributed by atoms with Gasteiger partial charge in [0.25, 0.3) is 5.91 Å². The minimum atomic E-state index is 0.0443. The molecule has 0 bridgehead atoms. The fourth-order valence-electron chi connectivity index (χ4n) is 2.80. The summed E-state index contributed by atoms with van der Waals surface area (Å²) in [6, 6.07) is 5.83.